The van der Waals surface area contributed by atoms with Crippen LogP contribution in [-0.4, -0.2) is 24.8 Å². The third-order valence-corrected chi connectivity index (χ3v) is 3.10. The SMILES string of the molecule is CCNCCc1cn(C)c2ccc(OC)cc12. The predicted octanol–water partition coefficient (Wildman–Crippen LogP) is 2.34. The van der Waals surface area contributed by atoms with E-state index in [1.807, 2.05) is 6.07 Å². The Morgan fingerprint density at radius 2 is 2.18 bits per heavy atom. The van der Waals surface area contributed by atoms with Gasteiger partial charge in [0.25, 0.3) is 0 Å². The molecule has 0 spiro atoms. The van der Waals surface area contributed by atoms with Crippen LogP contribution in [-0.2, 0) is 13.5 Å². The Morgan fingerprint density at radius 3 is 2.88 bits per heavy atom. The molecule has 3 heteroatoms. The molecule has 2 aromatic rings. The summed E-state index contributed by atoms with van der Waals surface area (Å²) in [6, 6.07) is 6.25. The fourth-order valence-corrected chi connectivity index (χ4v) is 2.18. The summed E-state index contributed by atoms with van der Waals surface area (Å²) in [7, 11) is 3.80. The molecule has 17 heavy (non-hydrogen) atoms. The van der Waals surface area contributed by atoms with Crippen molar-refractivity contribution in [1.29, 1.82) is 0 Å². The fourth-order valence-electron chi connectivity index (χ4n) is 2.18. The number of methoxy groups -OCH3 is 1. The maximum absolute atomic E-state index is 5.29. The third kappa shape index (κ3) is 2.44. The van der Waals surface area contributed by atoms with E-state index in [9.17, 15) is 0 Å². The normalized spacial score (nSPS) is 11.0. The van der Waals surface area contributed by atoms with E-state index in [-0.39, 0.29) is 0 Å². The smallest absolute Gasteiger partial charge is 0.119 e. The van der Waals surface area contributed by atoms with Crippen LogP contribution >= 0.6 is 0 Å². The maximum Gasteiger partial charge on any atom is 0.119 e. The van der Waals surface area contributed by atoms with Crippen molar-refractivity contribution in [2.75, 3.05) is 20.2 Å². The lowest BCUT2D eigenvalue weighted by molar-refractivity contribution is 0.415. The van der Waals surface area contributed by atoms with Crippen molar-refractivity contribution in [3.63, 3.8) is 0 Å². The van der Waals surface area contributed by atoms with Crippen LogP contribution in [0, 0.1) is 0 Å². The number of benzene rings is 1. The minimum absolute atomic E-state index is 0.924. The quantitative estimate of drug-likeness (QED) is 0.801. The molecule has 0 fully saturated rings. The second-order valence-corrected chi connectivity index (χ2v) is 4.25. The molecule has 0 bridgehead atoms. The maximum atomic E-state index is 5.29. The van der Waals surface area contributed by atoms with Crippen LogP contribution in [0.1, 0.15) is 12.5 Å². The molecule has 0 saturated carbocycles. The van der Waals surface area contributed by atoms with Crippen LogP contribution in [0.5, 0.6) is 5.75 Å². The molecular weight excluding hydrogens is 212 g/mol. The Morgan fingerprint density at radius 1 is 1.35 bits per heavy atom. The van der Waals surface area contributed by atoms with E-state index in [0.717, 1.165) is 25.3 Å². The van der Waals surface area contributed by atoms with Gasteiger partial charge in [0.15, 0.2) is 0 Å². The van der Waals surface area contributed by atoms with Crippen LogP contribution in [0.25, 0.3) is 10.9 Å². The van der Waals surface area contributed by atoms with Gasteiger partial charge in [0.1, 0.15) is 5.75 Å². The summed E-state index contributed by atoms with van der Waals surface area (Å²) in [5.74, 6) is 0.924. The van der Waals surface area contributed by atoms with Gasteiger partial charge in [-0.15, -0.1) is 0 Å². The molecule has 1 heterocycles. The molecule has 1 aromatic carbocycles. The summed E-state index contributed by atoms with van der Waals surface area (Å²) >= 11 is 0. The molecule has 0 aliphatic rings. The van der Waals surface area contributed by atoms with Gasteiger partial charge in [-0.2, -0.15) is 0 Å². The topological polar surface area (TPSA) is 26.2 Å². The van der Waals surface area contributed by atoms with E-state index < -0.39 is 0 Å². The zero-order valence-corrected chi connectivity index (χ0v) is 10.8. The standard InChI is InChI=1S/C14H20N2O/c1-4-15-8-7-11-10-16(2)14-6-5-12(17-3)9-13(11)14/h5-6,9-10,15H,4,7-8H2,1-3H3. The highest BCUT2D eigenvalue weighted by atomic mass is 16.5. The number of aryl methyl sites for hydroxylation is 1. The minimum Gasteiger partial charge on any atom is -0.497 e. The second-order valence-electron chi connectivity index (χ2n) is 4.25. The Hall–Kier alpha value is -1.48. The van der Waals surface area contributed by atoms with Crippen molar-refractivity contribution in [2.24, 2.45) is 7.05 Å². The summed E-state index contributed by atoms with van der Waals surface area (Å²) < 4.78 is 7.46. The van der Waals surface area contributed by atoms with Crippen LogP contribution in [0.15, 0.2) is 24.4 Å². The van der Waals surface area contributed by atoms with Crippen LogP contribution < -0.4 is 10.1 Å². The molecule has 0 amide bonds. The lowest BCUT2D eigenvalue weighted by Gasteiger charge is -2.03. The van der Waals surface area contributed by atoms with Crippen LogP contribution in [0.3, 0.4) is 0 Å². The Kier molecular flexibility index (Phi) is 3.69. The number of aromatic nitrogens is 1. The molecule has 0 saturated heterocycles. The van der Waals surface area contributed by atoms with Gasteiger partial charge < -0.3 is 14.6 Å². The summed E-state index contributed by atoms with van der Waals surface area (Å²) in [6.07, 6.45) is 3.26. The predicted molar refractivity (Wildman–Crippen MR) is 71.7 cm³/mol. The van der Waals surface area contributed by atoms with E-state index in [2.05, 4.69) is 42.2 Å². The zero-order valence-electron chi connectivity index (χ0n) is 10.8. The molecule has 3 nitrogen and oxygen atoms in total. The molecule has 1 aromatic heterocycles. The first kappa shape index (κ1) is 12.0. The molecular formula is C14H20N2O. The van der Waals surface area contributed by atoms with Gasteiger partial charge in [-0.1, -0.05) is 6.92 Å². The van der Waals surface area contributed by atoms with Crippen LogP contribution in [0.2, 0.25) is 0 Å². The van der Waals surface area contributed by atoms with Crippen LogP contribution in [0.4, 0.5) is 0 Å². The van der Waals surface area contributed by atoms with Gasteiger partial charge in [-0.05, 0) is 43.3 Å². The third-order valence-electron chi connectivity index (χ3n) is 3.10. The first-order valence-electron chi connectivity index (χ1n) is 6.09. The minimum atomic E-state index is 0.924. The molecule has 2 rings (SSSR count). The summed E-state index contributed by atoms with van der Waals surface area (Å²) in [4.78, 5) is 0. The average Bonchev–Trinajstić information content (AvgIpc) is 2.66. The molecule has 0 unspecified atom stereocenters. The van der Waals surface area contributed by atoms with E-state index >= 15 is 0 Å². The van der Waals surface area contributed by atoms with Gasteiger partial charge in [-0.25, -0.2) is 0 Å². The van der Waals surface area contributed by atoms with Crippen molar-refractivity contribution in [1.82, 2.24) is 9.88 Å². The Labute approximate surface area is 102 Å². The molecule has 92 valence electrons. The number of fused-ring (bicyclic) bond motifs is 1. The number of ether oxygens (including phenoxy) is 1. The first-order valence-corrected chi connectivity index (χ1v) is 6.09. The summed E-state index contributed by atoms with van der Waals surface area (Å²) in [5, 5.41) is 4.65. The zero-order chi connectivity index (χ0) is 12.3. The number of hydrogen-bond donors (Lipinski definition) is 1. The van der Waals surface area contributed by atoms with Crippen molar-refractivity contribution >= 4 is 10.9 Å². The van der Waals surface area contributed by atoms with Gasteiger partial charge >= 0.3 is 0 Å². The van der Waals surface area contributed by atoms with Gasteiger partial charge in [0.05, 0.1) is 7.11 Å². The lowest BCUT2D eigenvalue weighted by Crippen LogP contribution is -2.15. The molecule has 1 N–H and O–H groups in total. The van der Waals surface area contributed by atoms with Gasteiger partial charge in [-0.3, -0.25) is 0 Å². The average molecular weight is 232 g/mol. The number of nitrogens with one attached hydrogen (secondary N) is 1. The molecule has 0 aliphatic carbocycles. The molecule has 0 atom stereocenters. The van der Waals surface area contributed by atoms with E-state index in [1.54, 1.807) is 7.11 Å². The van der Waals surface area contributed by atoms with E-state index in [4.69, 9.17) is 4.74 Å². The Balaban J connectivity index is 2.34. The van der Waals surface area contributed by atoms with E-state index in [0.29, 0.717) is 0 Å². The fraction of sp³-hybridized carbons (Fsp3) is 0.429. The first-order chi connectivity index (χ1) is 8.26. The van der Waals surface area contributed by atoms with E-state index in [1.165, 1.54) is 16.5 Å². The lowest BCUT2D eigenvalue weighted by atomic mass is 10.1. The monoisotopic (exact) mass is 232 g/mol. The highest BCUT2D eigenvalue weighted by molar-refractivity contribution is 5.85. The number of likely N-dealkylation sites (N-methyl/N-ethyl adjacent to an activating group) is 1. The second kappa shape index (κ2) is 5.23. The molecule has 0 aliphatic heterocycles. The summed E-state index contributed by atoms with van der Waals surface area (Å²) in [6.45, 7) is 4.17. The summed E-state index contributed by atoms with van der Waals surface area (Å²) in [5.41, 5.74) is 2.64. The van der Waals surface area contributed by atoms with Gasteiger partial charge in [0, 0.05) is 24.1 Å². The van der Waals surface area contributed by atoms with Crippen molar-refractivity contribution in [3.05, 3.63) is 30.0 Å². The number of hydrogen-bond acceptors (Lipinski definition) is 2. The highest BCUT2D eigenvalue weighted by Gasteiger charge is 2.07. The van der Waals surface area contributed by atoms with Crippen molar-refractivity contribution in [2.45, 2.75) is 13.3 Å². The number of rotatable bonds is 5. The van der Waals surface area contributed by atoms with Crippen molar-refractivity contribution < 1.29 is 4.74 Å². The van der Waals surface area contributed by atoms with Crippen molar-refractivity contribution in [3.8, 4) is 5.75 Å². The van der Waals surface area contributed by atoms with Gasteiger partial charge in [0.2, 0.25) is 0 Å². The largest absolute Gasteiger partial charge is 0.497 e. The molecule has 0 radical (unpaired) electrons. The highest BCUT2D eigenvalue weighted by Crippen LogP contribution is 2.25. The number of nitrogens with zero attached hydrogens (tertiary/aromatic N) is 1. The Bertz CT molecular complexity index is 502.